The Bertz CT molecular complexity index is 367. The standard InChI is InChI=1S/C10H18N4O2/c1-7(9(15)16)5-6-8-11-13-14(12-8)10(2,3)4/h7H,5-6H2,1-4H3,(H,15,16). The molecule has 0 bridgehead atoms. The van der Waals surface area contributed by atoms with E-state index in [2.05, 4.69) is 15.4 Å². The fraction of sp³-hybridized carbons (Fsp3) is 0.800. The first kappa shape index (κ1) is 12.6. The first-order valence-electron chi connectivity index (χ1n) is 5.33. The molecule has 0 spiro atoms. The van der Waals surface area contributed by atoms with Crippen LogP contribution >= 0.6 is 0 Å². The lowest BCUT2D eigenvalue weighted by atomic mass is 10.1. The highest BCUT2D eigenvalue weighted by Crippen LogP contribution is 2.11. The summed E-state index contributed by atoms with van der Waals surface area (Å²) in [4.78, 5) is 12.2. The van der Waals surface area contributed by atoms with Gasteiger partial charge in [-0.3, -0.25) is 4.79 Å². The molecule has 0 aliphatic carbocycles. The Morgan fingerprint density at radius 3 is 2.56 bits per heavy atom. The number of carbonyl (C=O) groups is 1. The number of aromatic nitrogens is 4. The Hall–Kier alpha value is -1.46. The number of hydrogen-bond acceptors (Lipinski definition) is 4. The van der Waals surface area contributed by atoms with Gasteiger partial charge in [-0.05, 0) is 32.4 Å². The number of rotatable bonds is 4. The van der Waals surface area contributed by atoms with Crippen molar-refractivity contribution in [3.8, 4) is 0 Å². The van der Waals surface area contributed by atoms with Gasteiger partial charge in [0, 0.05) is 6.42 Å². The fourth-order valence-electron chi connectivity index (χ4n) is 1.10. The fourth-order valence-corrected chi connectivity index (χ4v) is 1.10. The van der Waals surface area contributed by atoms with E-state index in [-0.39, 0.29) is 11.5 Å². The van der Waals surface area contributed by atoms with Crippen molar-refractivity contribution in [2.24, 2.45) is 5.92 Å². The summed E-state index contributed by atoms with van der Waals surface area (Å²) in [6, 6.07) is 0. The van der Waals surface area contributed by atoms with Crippen molar-refractivity contribution >= 4 is 5.97 Å². The maximum Gasteiger partial charge on any atom is 0.306 e. The lowest BCUT2D eigenvalue weighted by molar-refractivity contribution is -0.141. The summed E-state index contributed by atoms with van der Waals surface area (Å²) >= 11 is 0. The van der Waals surface area contributed by atoms with E-state index < -0.39 is 5.97 Å². The smallest absolute Gasteiger partial charge is 0.306 e. The summed E-state index contributed by atoms with van der Waals surface area (Å²) in [5, 5.41) is 20.8. The van der Waals surface area contributed by atoms with Gasteiger partial charge in [-0.25, -0.2) is 0 Å². The zero-order valence-electron chi connectivity index (χ0n) is 10.1. The predicted molar refractivity (Wildman–Crippen MR) is 57.9 cm³/mol. The Morgan fingerprint density at radius 1 is 1.50 bits per heavy atom. The molecule has 0 saturated carbocycles. The molecule has 1 unspecified atom stereocenters. The minimum atomic E-state index is -0.789. The molecule has 6 nitrogen and oxygen atoms in total. The SMILES string of the molecule is CC(CCc1nnn(C(C)(C)C)n1)C(=O)O. The summed E-state index contributed by atoms with van der Waals surface area (Å²) in [5.41, 5.74) is -0.191. The van der Waals surface area contributed by atoms with Crippen molar-refractivity contribution in [3.63, 3.8) is 0 Å². The molecule has 0 fully saturated rings. The molecule has 0 radical (unpaired) electrons. The zero-order chi connectivity index (χ0) is 12.3. The number of tetrazole rings is 1. The van der Waals surface area contributed by atoms with E-state index in [1.165, 1.54) is 0 Å². The van der Waals surface area contributed by atoms with Crippen LogP contribution in [0.25, 0.3) is 0 Å². The van der Waals surface area contributed by atoms with E-state index in [1.54, 1.807) is 11.7 Å². The van der Waals surface area contributed by atoms with E-state index in [4.69, 9.17) is 5.11 Å². The first-order valence-corrected chi connectivity index (χ1v) is 5.33. The van der Waals surface area contributed by atoms with Crippen LogP contribution in [-0.2, 0) is 16.8 Å². The van der Waals surface area contributed by atoms with Gasteiger partial charge in [-0.15, -0.1) is 10.2 Å². The Labute approximate surface area is 94.7 Å². The van der Waals surface area contributed by atoms with Crippen LogP contribution in [0.3, 0.4) is 0 Å². The molecule has 1 aromatic heterocycles. The van der Waals surface area contributed by atoms with Crippen molar-refractivity contribution in [2.75, 3.05) is 0 Å². The van der Waals surface area contributed by atoms with Gasteiger partial charge in [0.2, 0.25) is 0 Å². The van der Waals surface area contributed by atoms with Gasteiger partial charge < -0.3 is 5.11 Å². The van der Waals surface area contributed by atoms with Gasteiger partial charge in [-0.2, -0.15) is 4.80 Å². The number of carboxylic acids is 1. The number of aryl methyl sites for hydroxylation is 1. The molecule has 0 saturated heterocycles. The van der Waals surface area contributed by atoms with Crippen LogP contribution in [0.5, 0.6) is 0 Å². The zero-order valence-corrected chi connectivity index (χ0v) is 10.1. The van der Waals surface area contributed by atoms with Crippen molar-refractivity contribution in [1.82, 2.24) is 20.2 Å². The second-order valence-electron chi connectivity index (χ2n) is 4.94. The van der Waals surface area contributed by atoms with E-state index in [9.17, 15) is 4.79 Å². The van der Waals surface area contributed by atoms with E-state index in [0.717, 1.165) is 0 Å². The predicted octanol–water partition coefficient (Wildman–Crippen LogP) is 1.08. The minimum Gasteiger partial charge on any atom is -0.481 e. The molecule has 0 aromatic carbocycles. The molecular weight excluding hydrogens is 208 g/mol. The van der Waals surface area contributed by atoms with Crippen LogP contribution in [0.15, 0.2) is 0 Å². The average Bonchev–Trinajstić information content (AvgIpc) is 2.61. The van der Waals surface area contributed by atoms with Crippen LogP contribution in [0.4, 0.5) is 0 Å². The number of carboxylic acid groups (broad SMARTS) is 1. The molecule has 0 amide bonds. The Morgan fingerprint density at radius 2 is 2.12 bits per heavy atom. The lowest BCUT2D eigenvalue weighted by Gasteiger charge is -2.15. The molecule has 1 aromatic rings. The number of hydrogen-bond donors (Lipinski definition) is 1. The highest BCUT2D eigenvalue weighted by atomic mass is 16.4. The summed E-state index contributed by atoms with van der Waals surface area (Å²) in [7, 11) is 0. The summed E-state index contributed by atoms with van der Waals surface area (Å²) in [5.74, 6) is -0.562. The van der Waals surface area contributed by atoms with E-state index in [0.29, 0.717) is 18.7 Å². The highest BCUT2D eigenvalue weighted by Gasteiger charge is 2.18. The van der Waals surface area contributed by atoms with E-state index in [1.807, 2.05) is 20.8 Å². The van der Waals surface area contributed by atoms with Crippen LogP contribution in [0.1, 0.15) is 39.9 Å². The second-order valence-corrected chi connectivity index (χ2v) is 4.94. The van der Waals surface area contributed by atoms with Gasteiger partial charge in [0.15, 0.2) is 5.82 Å². The largest absolute Gasteiger partial charge is 0.481 e. The van der Waals surface area contributed by atoms with Crippen LogP contribution in [0.2, 0.25) is 0 Å². The molecule has 1 N–H and O–H groups in total. The monoisotopic (exact) mass is 226 g/mol. The summed E-state index contributed by atoms with van der Waals surface area (Å²) in [6.07, 6.45) is 1.08. The van der Waals surface area contributed by atoms with Gasteiger partial charge in [-0.1, -0.05) is 6.92 Å². The highest BCUT2D eigenvalue weighted by molar-refractivity contribution is 5.69. The molecule has 0 aliphatic heterocycles. The van der Waals surface area contributed by atoms with Crippen molar-refractivity contribution in [3.05, 3.63) is 5.82 Å². The minimum absolute atomic E-state index is 0.191. The van der Waals surface area contributed by atoms with Crippen LogP contribution in [0, 0.1) is 5.92 Å². The Balaban J connectivity index is 2.57. The average molecular weight is 226 g/mol. The lowest BCUT2D eigenvalue weighted by Crippen LogP contribution is -2.24. The molecule has 6 heteroatoms. The maximum atomic E-state index is 10.6. The summed E-state index contributed by atoms with van der Waals surface area (Å²) < 4.78 is 0. The van der Waals surface area contributed by atoms with Gasteiger partial charge in [0.05, 0.1) is 11.5 Å². The van der Waals surface area contributed by atoms with E-state index >= 15 is 0 Å². The molecule has 90 valence electrons. The maximum absolute atomic E-state index is 10.6. The van der Waals surface area contributed by atoms with Crippen molar-refractivity contribution in [1.29, 1.82) is 0 Å². The van der Waals surface area contributed by atoms with Crippen LogP contribution < -0.4 is 0 Å². The third kappa shape index (κ3) is 3.29. The molecule has 1 heterocycles. The first-order chi connectivity index (χ1) is 7.30. The third-order valence-corrected chi connectivity index (χ3v) is 2.28. The molecule has 1 rings (SSSR count). The molecule has 16 heavy (non-hydrogen) atoms. The molecule has 1 atom stereocenters. The quantitative estimate of drug-likeness (QED) is 0.830. The molecular formula is C10H18N4O2. The summed E-state index contributed by atoms with van der Waals surface area (Å²) in [6.45, 7) is 7.63. The van der Waals surface area contributed by atoms with Crippen molar-refractivity contribution in [2.45, 2.75) is 46.1 Å². The van der Waals surface area contributed by atoms with Gasteiger partial charge >= 0.3 is 5.97 Å². The van der Waals surface area contributed by atoms with Gasteiger partial charge in [0.25, 0.3) is 0 Å². The number of aliphatic carboxylic acids is 1. The number of nitrogens with zero attached hydrogens (tertiary/aromatic N) is 4. The third-order valence-electron chi connectivity index (χ3n) is 2.28. The normalized spacial score (nSPS) is 13.8. The Kier molecular flexibility index (Phi) is 3.62. The van der Waals surface area contributed by atoms with Crippen molar-refractivity contribution < 1.29 is 9.90 Å². The second kappa shape index (κ2) is 4.59. The van der Waals surface area contributed by atoms with Gasteiger partial charge in [0.1, 0.15) is 0 Å². The molecule has 0 aliphatic rings. The van der Waals surface area contributed by atoms with Crippen LogP contribution in [-0.4, -0.2) is 31.3 Å². The topological polar surface area (TPSA) is 80.9 Å².